The molecule has 1 aromatic carbocycles. The standard InChI is InChI=1S/C14H15BrN2S/c15-13-3-1-2-12-11(13)4-5-14(12)16-7-6-10-8-18-9-17-10/h1-3,8-9,14,16H,4-7H2. The Labute approximate surface area is 120 Å². The minimum atomic E-state index is 0.510. The highest BCUT2D eigenvalue weighted by Gasteiger charge is 2.23. The molecular weight excluding hydrogens is 308 g/mol. The molecule has 1 aromatic heterocycles. The summed E-state index contributed by atoms with van der Waals surface area (Å²) in [5, 5.41) is 5.77. The molecule has 2 aromatic rings. The molecular formula is C14H15BrN2S. The zero-order chi connectivity index (χ0) is 12.4. The molecule has 1 heterocycles. The van der Waals surface area contributed by atoms with Gasteiger partial charge in [-0.3, -0.25) is 0 Å². The molecule has 1 atom stereocenters. The molecule has 1 unspecified atom stereocenters. The summed E-state index contributed by atoms with van der Waals surface area (Å²) in [4.78, 5) is 4.31. The highest BCUT2D eigenvalue weighted by atomic mass is 79.9. The van der Waals surface area contributed by atoms with Gasteiger partial charge < -0.3 is 5.32 Å². The third kappa shape index (κ3) is 2.51. The van der Waals surface area contributed by atoms with Crippen LogP contribution in [0.4, 0.5) is 0 Å². The van der Waals surface area contributed by atoms with E-state index in [2.05, 4.69) is 49.8 Å². The third-order valence-corrected chi connectivity index (χ3v) is 4.85. The zero-order valence-electron chi connectivity index (χ0n) is 10.0. The van der Waals surface area contributed by atoms with Gasteiger partial charge in [-0.2, -0.15) is 0 Å². The van der Waals surface area contributed by atoms with Gasteiger partial charge in [0, 0.05) is 28.9 Å². The molecule has 0 fully saturated rings. The smallest absolute Gasteiger partial charge is 0.0794 e. The van der Waals surface area contributed by atoms with E-state index < -0.39 is 0 Å². The molecule has 18 heavy (non-hydrogen) atoms. The summed E-state index contributed by atoms with van der Waals surface area (Å²) in [6.07, 6.45) is 3.39. The van der Waals surface area contributed by atoms with Gasteiger partial charge in [0.15, 0.2) is 0 Å². The molecule has 1 aliphatic carbocycles. The number of nitrogens with zero attached hydrogens (tertiary/aromatic N) is 1. The number of hydrogen-bond acceptors (Lipinski definition) is 3. The number of thiazole rings is 1. The maximum absolute atomic E-state index is 4.31. The summed E-state index contributed by atoms with van der Waals surface area (Å²) in [6.45, 7) is 1.00. The Morgan fingerprint density at radius 1 is 1.44 bits per heavy atom. The van der Waals surface area contributed by atoms with E-state index in [9.17, 15) is 0 Å². The predicted molar refractivity (Wildman–Crippen MR) is 79.0 cm³/mol. The van der Waals surface area contributed by atoms with E-state index in [1.54, 1.807) is 11.3 Å². The number of benzene rings is 1. The number of hydrogen-bond donors (Lipinski definition) is 1. The van der Waals surface area contributed by atoms with Crippen LogP contribution in [0.2, 0.25) is 0 Å². The van der Waals surface area contributed by atoms with Crippen molar-refractivity contribution >= 4 is 27.3 Å². The fourth-order valence-corrected chi connectivity index (χ4v) is 3.73. The van der Waals surface area contributed by atoms with Crippen molar-refractivity contribution in [3.8, 4) is 0 Å². The Balaban J connectivity index is 1.61. The lowest BCUT2D eigenvalue weighted by molar-refractivity contribution is 0.532. The highest BCUT2D eigenvalue weighted by molar-refractivity contribution is 9.10. The van der Waals surface area contributed by atoms with Gasteiger partial charge in [-0.05, 0) is 30.0 Å². The molecule has 3 rings (SSSR count). The molecule has 0 saturated heterocycles. The Bertz CT molecular complexity index is 525. The second kappa shape index (κ2) is 5.51. The first kappa shape index (κ1) is 12.3. The molecule has 0 radical (unpaired) electrons. The van der Waals surface area contributed by atoms with E-state index in [4.69, 9.17) is 0 Å². The van der Waals surface area contributed by atoms with Crippen LogP contribution in [-0.2, 0) is 12.8 Å². The van der Waals surface area contributed by atoms with E-state index in [1.807, 2.05) is 5.51 Å². The van der Waals surface area contributed by atoms with Gasteiger partial charge >= 0.3 is 0 Å². The summed E-state index contributed by atoms with van der Waals surface area (Å²) in [5.41, 5.74) is 6.03. The van der Waals surface area contributed by atoms with Gasteiger partial charge in [-0.15, -0.1) is 11.3 Å². The molecule has 2 nitrogen and oxygen atoms in total. The van der Waals surface area contributed by atoms with Crippen molar-refractivity contribution in [3.05, 3.63) is 50.4 Å². The lowest BCUT2D eigenvalue weighted by Gasteiger charge is -2.13. The molecule has 0 spiro atoms. The molecule has 1 N–H and O–H groups in total. The highest BCUT2D eigenvalue weighted by Crippen LogP contribution is 2.35. The second-order valence-corrected chi connectivity index (χ2v) is 6.16. The predicted octanol–water partition coefficient (Wildman–Crippen LogP) is 3.73. The summed E-state index contributed by atoms with van der Waals surface area (Å²) < 4.78 is 1.25. The van der Waals surface area contributed by atoms with E-state index >= 15 is 0 Å². The topological polar surface area (TPSA) is 24.9 Å². The van der Waals surface area contributed by atoms with Gasteiger partial charge in [-0.25, -0.2) is 4.98 Å². The van der Waals surface area contributed by atoms with Crippen molar-refractivity contribution in [1.29, 1.82) is 0 Å². The number of fused-ring (bicyclic) bond motifs is 1. The van der Waals surface area contributed by atoms with Gasteiger partial charge in [-0.1, -0.05) is 28.1 Å². The van der Waals surface area contributed by atoms with E-state index in [1.165, 1.54) is 34.1 Å². The lowest BCUT2D eigenvalue weighted by atomic mass is 10.1. The normalized spacial score (nSPS) is 17.9. The van der Waals surface area contributed by atoms with Crippen LogP contribution >= 0.6 is 27.3 Å². The summed E-state index contributed by atoms with van der Waals surface area (Å²) in [6, 6.07) is 7.02. The molecule has 94 valence electrons. The summed E-state index contributed by atoms with van der Waals surface area (Å²) in [5.74, 6) is 0. The van der Waals surface area contributed by atoms with Crippen LogP contribution in [0.3, 0.4) is 0 Å². The maximum atomic E-state index is 4.31. The Morgan fingerprint density at radius 3 is 3.22 bits per heavy atom. The van der Waals surface area contributed by atoms with Crippen molar-refractivity contribution in [1.82, 2.24) is 10.3 Å². The first-order valence-corrected chi connectivity index (χ1v) is 7.96. The number of halogens is 1. The van der Waals surface area contributed by atoms with Crippen molar-refractivity contribution in [2.24, 2.45) is 0 Å². The zero-order valence-corrected chi connectivity index (χ0v) is 12.4. The molecule has 1 aliphatic rings. The number of aromatic nitrogens is 1. The van der Waals surface area contributed by atoms with Crippen LogP contribution < -0.4 is 5.32 Å². The Morgan fingerprint density at radius 2 is 2.39 bits per heavy atom. The lowest BCUT2D eigenvalue weighted by Crippen LogP contribution is -2.21. The fraction of sp³-hybridized carbons (Fsp3) is 0.357. The monoisotopic (exact) mass is 322 g/mol. The molecule has 0 aliphatic heterocycles. The van der Waals surface area contributed by atoms with Crippen molar-refractivity contribution < 1.29 is 0 Å². The van der Waals surface area contributed by atoms with Crippen molar-refractivity contribution in [3.63, 3.8) is 0 Å². The first-order chi connectivity index (χ1) is 8.84. The SMILES string of the molecule is Brc1cccc2c1CCC2NCCc1cscn1. The first-order valence-electron chi connectivity index (χ1n) is 6.22. The van der Waals surface area contributed by atoms with E-state index in [0.717, 1.165) is 13.0 Å². The molecule has 0 amide bonds. The van der Waals surface area contributed by atoms with Gasteiger partial charge in [0.25, 0.3) is 0 Å². The van der Waals surface area contributed by atoms with Crippen LogP contribution in [0.1, 0.15) is 29.3 Å². The average Bonchev–Trinajstić information content (AvgIpc) is 3.00. The largest absolute Gasteiger partial charge is 0.310 e. The Kier molecular flexibility index (Phi) is 3.77. The average molecular weight is 323 g/mol. The van der Waals surface area contributed by atoms with Crippen LogP contribution in [0.15, 0.2) is 33.6 Å². The van der Waals surface area contributed by atoms with Gasteiger partial charge in [0.05, 0.1) is 11.2 Å². The van der Waals surface area contributed by atoms with Crippen LogP contribution in [-0.4, -0.2) is 11.5 Å². The minimum Gasteiger partial charge on any atom is -0.310 e. The second-order valence-electron chi connectivity index (χ2n) is 4.58. The van der Waals surface area contributed by atoms with E-state index in [0.29, 0.717) is 6.04 Å². The quantitative estimate of drug-likeness (QED) is 0.927. The van der Waals surface area contributed by atoms with Gasteiger partial charge in [0.2, 0.25) is 0 Å². The Hall–Kier alpha value is -0.710. The molecule has 0 saturated carbocycles. The third-order valence-electron chi connectivity index (χ3n) is 3.47. The van der Waals surface area contributed by atoms with Crippen LogP contribution in [0, 0.1) is 0 Å². The molecule has 4 heteroatoms. The summed E-state index contributed by atoms with van der Waals surface area (Å²) in [7, 11) is 0. The van der Waals surface area contributed by atoms with Gasteiger partial charge in [0.1, 0.15) is 0 Å². The van der Waals surface area contributed by atoms with Crippen molar-refractivity contribution in [2.45, 2.75) is 25.3 Å². The van der Waals surface area contributed by atoms with Crippen molar-refractivity contribution in [2.75, 3.05) is 6.54 Å². The number of nitrogens with one attached hydrogen (secondary N) is 1. The van der Waals surface area contributed by atoms with Crippen LogP contribution in [0.5, 0.6) is 0 Å². The number of rotatable bonds is 4. The fourth-order valence-electron chi connectivity index (χ4n) is 2.56. The maximum Gasteiger partial charge on any atom is 0.0794 e. The van der Waals surface area contributed by atoms with E-state index in [-0.39, 0.29) is 0 Å². The minimum absolute atomic E-state index is 0.510. The van der Waals surface area contributed by atoms with Crippen LogP contribution in [0.25, 0.3) is 0 Å². The summed E-state index contributed by atoms with van der Waals surface area (Å²) >= 11 is 5.31. The molecule has 0 bridgehead atoms.